The Labute approximate surface area is 181 Å². The second-order valence-corrected chi connectivity index (χ2v) is 8.63. The van der Waals surface area contributed by atoms with Crippen molar-refractivity contribution in [2.45, 2.75) is 18.4 Å². The molecular weight excluding hydrogens is 421 g/mol. The summed E-state index contributed by atoms with van der Waals surface area (Å²) in [6, 6.07) is 15.6. The van der Waals surface area contributed by atoms with Gasteiger partial charge in [0.1, 0.15) is 23.1 Å². The number of benzene rings is 3. The van der Waals surface area contributed by atoms with Crippen LogP contribution in [0.3, 0.4) is 0 Å². The van der Waals surface area contributed by atoms with Gasteiger partial charge in [-0.05, 0) is 30.7 Å². The molecule has 0 heterocycles. The molecule has 0 amide bonds. The second-order valence-electron chi connectivity index (χ2n) is 6.80. The zero-order chi connectivity index (χ0) is 22.6. The van der Waals surface area contributed by atoms with E-state index < -0.39 is 15.8 Å². The average Bonchev–Trinajstić information content (AvgIpc) is 2.78. The minimum absolute atomic E-state index is 0.0430. The first-order chi connectivity index (χ1) is 14.8. The van der Waals surface area contributed by atoms with E-state index in [0.717, 1.165) is 6.07 Å². The Morgan fingerprint density at radius 2 is 1.52 bits per heavy atom. The summed E-state index contributed by atoms with van der Waals surface area (Å²) in [7, 11) is 0.324. The maximum absolute atomic E-state index is 14.0. The largest absolute Gasteiger partial charge is 0.497 e. The van der Waals surface area contributed by atoms with Crippen LogP contribution in [0.25, 0.3) is 0 Å². The summed E-state index contributed by atoms with van der Waals surface area (Å²) >= 11 is 0. The number of ether oxygens (including phenoxy) is 3. The smallest absolute Gasteiger partial charge is 0.265 e. The molecule has 164 valence electrons. The van der Waals surface area contributed by atoms with Crippen LogP contribution >= 0.6 is 0 Å². The van der Waals surface area contributed by atoms with Crippen LogP contribution in [0, 0.1) is 12.7 Å². The third-order valence-electron chi connectivity index (χ3n) is 4.85. The van der Waals surface area contributed by atoms with Gasteiger partial charge in [0.2, 0.25) is 0 Å². The second kappa shape index (κ2) is 9.26. The van der Waals surface area contributed by atoms with Crippen LogP contribution in [0.2, 0.25) is 0 Å². The fourth-order valence-corrected chi connectivity index (χ4v) is 4.88. The van der Waals surface area contributed by atoms with Crippen molar-refractivity contribution in [2.75, 3.05) is 25.6 Å². The highest BCUT2D eigenvalue weighted by Crippen LogP contribution is 2.35. The molecule has 0 saturated carbocycles. The Balaban J connectivity index is 2.23. The average molecular weight is 446 g/mol. The van der Waals surface area contributed by atoms with Gasteiger partial charge in [-0.15, -0.1) is 0 Å². The van der Waals surface area contributed by atoms with Gasteiger partial charge in [0.05, 0.1) is 38.5 Å². The highest BCUT2D eigenvalue weighted by atomic mass is 32.2. The van der Waals surface area contributed by atoms with E-state index in [1.54, 1.807) is 49.4 Å². The molecule has 8 heteroatoms. The predicted octanol–water partition coefficient (Wildman–Crippen LogP) is 4.56. The Morgan fingerprint density at radius 3 is 2.13 bits per heavy atom. The molecule has 0 unspecified atom stereocenters. The first kappa shape index (κ1) is 22.4. The standard InChI is InChI=1S/C23H24FNO5S/c1-16-9-10-18(24)11-23(16)31(26,27)25(15-17-7-5-6-8-22(17)30-4)19-12-20(28-2)14-21(13-19)29-3/h5-14H,15H2,1-4H3. The lowest BCUT2D eigenvalue weighted by atomic mass is 10.2. The summed E-state index contributed by atoms with van der Waals surface area (Å²) < 4.78 is 58.7. The van der Waals surface area contributed by atoms with Crippen molar-refractivity contribution in [3.63, 3.8) is 0 Å². The zero-order valence-electron chi connectivity index (χ0n) is 17.8. The topological polar surface area (TPSA) is 65.1 Å². The molecule has 0 aromatic heterocycles. The highest BCUT2D eigenvalue weighted by Gasteiger charge is 2.29. The van der Waals surface area contributed by atoms with Crippen molar-refractivity contribution in [1.82, 2.24) is 0 Å². The predicted molar refractivity (Wildman–Crippen MR) is 117 cm³/mol. The van der Waals surface area contributed by atoms with Gasteiger partial charge in [-0.3, -0.25) is 4.31 Å². The lowest BCUT2D eigenvalue weighted by Crippen LogP contribution is -2.31. The monoisotopic (exact) mass is 445 g/mol. The summed E-state index contributed by atoms with van der Waals surface area (Å²) in [6.07, 6.45) is 0. The molecule has 0 bridgehead atoms. The number of hydrogen-bond donors (Lipinski definition) is 0. The maximum Gasteiger partial charge on any atom is 0.265 e. The fourth-order valence-electron chi connectivity index (χ4n) is 3.21. The van der Waals surface area contributed by atoms with Crippen LogP contribution in [0.4, 0.5) is 10.1 Å². The molecule has 0 fully saturated rings. The minimum atomic E-state index is -4.15. The van der Waals surface area contributed by atoms with E-state index >= 15 is 0 Å². The van der Waals surface area contributed by atoms with Gasteiger partial charge in [-0.1, -0.05) is 24.3 Å². The third-order valence-corrected chi connectivity index (χ3v) is 6.76. The van der Waals surface area contributed by atoms with E-state index in [-0.39, 0.29) is 11.4 Å². The Bertz CT molecular complexity index is 1160. The van der Waals surface area contributed by atoms with Crippen molar-refractivity contribution in [3.8, 4) is 17.2 Å². The molecule has 0 N–H and O–H groups in total. The first-order valence-electron chi connectivity index (χ1n) is 9.44. The molecule has 0 aliphatic rings. The number of para-hydroxylation sites is 1. The minimum Gasteiger partial charge on any atom is -0.497 e. The van der Waals surface area contributed by atoms with Crippen molar-refractivity contribution in [2.24, 2.45) is 0 Å². The highest BCUT2D eigenvalue weighted by molar-refractivity contribution is 7.92. The molecule has 3 rings (SSSR count). The van der Waals surface area contributed by atoms with Gasteiger partial charge in [0.15, 0.2) is 0 Å². The van der Waals surface area contributed by atoms with E-state index in [1.165, 1.54) is 37.8 Å². The molecule has 0 aliphatic heterocycles. The zero-order valence-corrected chi connectivity index (χ0v) is 18.6. The summed E-state index contributed by atoms with van der Waals surface area (Å²) in [5.41, 5.74) is 1.39. The molecular formula is C23H24FNO5S. The quantitative estimate of drug-likeness (QED) is 0.509. The van der Waals surface area contributed by atoms with Crippen LogP contribution in [0.5, 0.6) is 17.2 Å². The van der Waals surface area contributed by atoms with Gasteiger partial charge >= 0.3 is 0 Å². The SMILES string of the molecule is COc1cc(OC)cc(N(Cc2ccccc2OC)S(=O)(=O)c2cc(F)ccc2C)c1. The molecule has 0 aliphatic carbocycles. The van der Waals surface area contributed by atoms with Crippen LogP contribution in [-0.2, 0) is 16.6 Å². The number of anilines is 1. The molecule has 3 aromatic carbocycles. The number of nitrogens with zero attached hydrogens (tertiary/aromatic N) is 1. The third kappa shape index (κ3) is 4.74. The maximum atomic E-state index is 14.0. The van der Waals surface area contributed by atoms with Gasteiger partial charge in [0, 0.05) is 23.8 Å². The number of hydrogen-bond acceptors (Lipinski definition) is 5. The van der Waals surface area contributed by atoms with Crippen LogP contribution in [0.1, 0.15) is 11.1 Å². The molecule has 0 spiro atoms. The van der Waals surface area contributed by atoms with Crippen molar-refractivity contribution >= 4 is 15.7 Å². The first-order valence-corrected chi connectivity index (χ1v) is 10.9. The van der Waals surface area contributed by atoms with Crippen LogP contribution in [-0.4, -0.2) is 29.7 Å². The van der Waals surface area contributed by atoms with Crippen molar-refractivity contribution in [3.05, 3.63) is 77.6 Å². The van der Waals surface area contributed by atoms with Crippen molar-refractivity contribution < 1.29 is 27.0 Å². The van der Waals surface area contributed by atoms with E-state index in [9.17, 15) is 12.8 Å². The molecule has 3 aromatic rings. The summed E-state index contributed by atoms with van der Waals surface area (Å²) in [5, 5.41) is 0. The number of rotatable bonds is 8. The summed E-state index contributed by atoms with van der Waals surface area (Å²) in [6.45, 7) is 1.58. The lowest BCUT2D eigenvalue weighted by molar-refractivity contribution is 0.394. The van der Waals surface area contributed by atoms with E-state index in [0.29, 0.717) is 34.1 Å². The molecule has 0 atom stereocenters. The Hall–Kier alpha value is -3.26. The van der Waals surface area contributed by atoms with Gasteiger partial charge in [-0.25, -0.2) is 12.8 Å². The lowest BCUT2D eigenvalue weighted by Gasteiger charge is -2.27. The number of sulfonamides is 1. The normalized spacial score (nSPS) is 11.1. The van der Waals surface area contributed by atoms with Crippen LogP contribution < -0.4 is 18.5 Å². The van der Waals surface area contributed by atoms with Crippen molar-refractivity contribution in [1.29, 1.82) is 0 Å². The van der Waals surface area contributed by atoms with Gasteiger partial charge < -0.3 is 14.2 Å². The molecule has 31 heavy (non-hydrogen) atoms. The van der Waals surface area contributed by atoms with Crippen LogP contribution in [0.15, 0.2) is 65.6 Å². The summed E-state index contributed by atoms with van der Waals surface area (Å²) in [4.78, 5) is -0.121. The number of methoxy groups -OCH3 is 3. The Kier molecular flexibility index (Phi) is 6.70. The van der Waals surface area contributed by atoms with E-state index in [4.69, 9.17) is 14.2 Å². The van der Waals surface area contributed by atoms with Gasteiger partial charge in [-0.2, -0.15) is 0 Å². The fraction of sp³-hybridized carbons (Fsp3) is 0.217. The van der Waals surface area contributed by atoms with Gasteiger partial charge in [0.25, 0.3) is 10.0 Å². The number of halogens is 1. The molecule has 0 radical (unpaired) electrons. The molecule has 6 nitrogen and oxygen atoms in total. The summed E-state index contributed by atoms with van der Waals surface area (Å²) in [5.74, 6) is 0.745. The van der Waals surface area contributed by atoms with E-state index in [2.05, 4.69) is 0 Å². The molecule has 0 saturated heterocycles. The number of aryl methyl sites for hydroxylation is 1. The Morgan fingerprint density at radius 1 is 0.871 bits per heavy atom. The van der Waals surface area contributed by atoms with E-state index in [1.807, 2.05) is 0 Å².